The number of hydrogen-bond acceptors (Lipinski definition) is 4. The van der Waals surface area contributed by atoms with E-state index in [0.29, 0.717) is 35.8 Å². The Morgan fingerprint density at radius 1 is 0.920 bits per heavy atom. The van der Waals surface area contributed by atoms with Gasteiger partial charge in [-0.2, -0.15) is 0 Å². The second kappa shape index (κ2) is 9.32. The summed E-state index contributed by atoms with van der Waals surface area (Å²) in [5.74, 6) is 0.206. The lowest BCUT2D eigenvalue weighted by atomic mass is 10.2. The third kappa shape index (κ3) is 5.24. The number of nitrogens with one attached hydrogen (secondary N) is 2. The lowest BCUT2D eigenvalue weighted by Crippen LogP contribution is -2.41. The molecule has 0 spiro atoms. The molecule has 0 aliphatic heterocycles. The van der Waals surface area contributed by atoms with E-state index in [2.05, 4.69) is 10.9 Å². The first-order valence-electron chi connectivity index (χ1n) is 8.21. The zero-order chi connectivity index (χ0) is 18.1. The summed E-state index contributed by atoms with van der Waals surface area (Å²) in [5.41, 5.74) is 5.56. The van der Waals surface area contributed by atoms with Gasteiger partial charge in [0.2, 0.25) is 0 Å². The molecule has 2 N–H and O–H groups in total. The molecule has 2 aromatic rings. The topological polar surface area (TPSA) is 76.7 Å². The van der Waals surface area contributed by atoms with Crippen molar-refractivity contribution in [1.82, 2.24) is 10.9 Å². The van der Waals surface area contributed by atoms with E-state index in [0.717, 1.165) is 6.42 Å². The average Bonchev–Trinajstić information content (AvgIpc) is 2.65. The van der Waals surface area contributed by atoms with Crippen LogP contribution in [0.15, 0.2) is 48.5 Å². The molecule has 2 aromatic carbocycles. The number of para-hydroxylation sites is 1. The Morgan fingerprint density at radius 2 is 1.68 bits per heavy atom. The van der Waals surface area contributed by atoms with E-state index < -0.39 is 11.8 Å². The third-order valence-corrected chi connectivity index (χ3v) is 3.29. The summed E-state index contributed by atoms with van der Waals surface area (Å²) in [4.78, 5) is 24.5. The lowest BCUT2D eigenvalue weighted by Gasteiger charge is -2.12. The van der Waals surface area contributed by atoms with E-state index in [-0.39, 0.29) is 0 Å². The molecule has 0 aliphatic rings. The molecule has 0 saturated carbocycles. The fourth-order valence-electron chi connectivity index (χ4n) is 2.14. The molecule has 0 atom stereocenters. The van der Waals surface area contributed by atoms with Gasteiger partial charge < -0.3 is 9.47 Å². The van der Waals surface area contributed by atoms with E-state index >= 15 is 0 Å². The minimum atomic E-state index is -0.444. The van der Waals surface area contributed by atoms with Gasteiger partial charge in [0, 0.05) is 5.56 Å². The average molecular weight is 342 g/mol. The van der Waals surface area contributed by atoms with Crippen molar-refractivity contribution in [1.29, 1.82) is 0 Å². The molecular weight excluding hydrogens is 320 g/mol. The van der Waals surface area contributed by atoms with Crippen LogP contribution >= 0.6 is 0 Å². The molecule has 25 heavy (non-hydrogen) atoms. The predicted molar refractivity (Wildman–Crippen MR) is 94.8 cm³/mol. The van der Waals surface area contributed by atoms with E-state index in [1.807, 2.05) is 13.8 Å². The normalized spacial score (nSPS) is 10.0. The van der Waals surface area contributed by atoms with Crippen molar-refractivity contribution in [3.8, 4) is 11.5 Å². The summed E-state index contributed by atoms with van der Waals surface area (Å²) >= 11 is 0. The van der Waals surface area contributed by atoms with Crippen LogP contribution in [-0.4, -0.2) is 25.0 Å². The number of hydrazine groups is 1. The number of ether oxygens (including phenoxy) is 2. The quantitative estimate of drug-likeness (QED) is 0.759. The fourth-order valence-corrected chi connectivity index (χ4v) is 2.14. The SMILES string of the molecule is CCCOc1ccccc1C(=O)NNC(=O)c1cccc(OCC)c1. The van der Waals surface area contributed by atoms with Crippen LogP contribution in [-0.2, 0) is 0 Å². The largest absolute Gasteiger partial charge is 0.494 e. The molecule has 0 unspecified atom stereocenters. The predicted octanol–water partition coefficient (Wildman–Crippen LogP) is 2.95. The van der Waals surface area contributed by atoms with Crippen LogP contribution in [0.25, 0.3) is 0 Å². The molecule has 0 heterocycles. The number of carbonyl (C=O) groups excluding carboxylic acids is 2. The molecule has 0 aliphatic carbocycles. The van der Waals surface area contributed by atoms with Crippen molar-refractivity contribution < 1.29 is 19.1 Å². The van der Waals surface area contributed by atoms with Gasteiger partial charge in [0.1, 0.15) is 11.5 Å². The molecule has 0 fully saturated rings. The van der Waals surface area contributed by atoms with Crippen molar-refractivity contribution in [3.05, 3.63) is 59.7 Å². The molecule has 6 heteroatoms. The van der Waals surface area contributed by atoms with E-state index in [9.17, 15) is 9.59 Å². The van der Waals surface area contributed by atoms with Crippen LogP contribution in [0.1, 0.15) is 41.0 Å². The van der Waals surface area contributed by atoms with Crippen LogP contribution in [0.3, 0.4) is 0 Å². The van der Waals surface area contributed by atoms with Gasteiger partial charge in [-0.05, 0) is 43.7 Å². The third-order valence-electron chi connectivity index (χ3n) is 3.29. The van der Waals surface area contributed by atoms with Gasteiger partial charge in [-0.3, -0.25) is 20.4 Å². The molecular formula is C19H22N2O4. The Morgan fingerprint density at radius 3 is 2.44 bits per heavy atom. The highest BCUT2D eigenvalue weighted by molar-refractivity contribution is 6.00. The summed E-state index contributed by atoms with van der Waals surface area (Å²) in [6.45, 7) is 4.88. The molecule has 2 amide bonds. The van der Waals surface area contributed by atoms with Crippen LogP contribution in [0.2, 0.25) is 0 Å². The van der Waals surface area contributed by atoms with Gasteiger partial charge in [-0.15, -0.1) is 0 Å². The summed E-state index contributed by atoms with van der Waals surface area (Å²) in [5, 5.41) is 0. The van der Waals surface area contributed by atoms with E-state index in [4.69, 9.17) is 9.47 Å². The summed E-state index contributed by atoms with van der Waals surface area (Å²) in [6.07, 6.45) is 0.836. The second-order valence-electron chi connectivity index (χ2n) is 5.21. The molecule has 2 rings (SSSR count). The zero-order valence-electron chi connectivity index (χ0n) is 14.4. The van der Waals surface area contributed by atoms with E-state index in [1.165, 1.54) is 0 Å². The van der Waals surface area contributed by atoms with Crippen molar-refractivity contribution in [2.75, 3.05) is 13.2 Å². The molecule has 6 nitrogen and oxygen atoms in total. The van der Waals surface area contributed by atoms with Crippen LogP contribution < -0.4 is 20.3 Å². The monoisotopic (exact) mass is 342 g/mol. The maximum atomic E-state index is 12.3. The van der Waals surface area contributed by atoms with Gasteiger partial charge in [0.15, 0.2) is 0 Å². The summed E-state index contributed by atoms with van der Waals surface area (Å²) < 4.78 is 10.9. The number of hydrogen-bond donors (Lipinski definition) is 2. The smallest absolute Gasteiger partial charge is 0.273 e. The fraction of sp³-hybridized carbons (Fsp3) is 0.263. The standard InChI is InChI=1S/C19H22N2O4/c1-3-12-25-17-11-6-5-10-16(17)19(23)21-20-18(22)14-8-7-9-15(13-14)24-4-2/h5-11,13H,3-4,12H2,1-2H3,(H,20,22)(H,21,23). The maximum Gasteiger partial charge on any atom is 0.273 e. The minimum Gasteiger partial charge on any atom is -0.494 e. The van der Waals surface area contributed by atoms with Gasteiger partial charge in [-0.25, -0.2) is 0 Å². The van der Waals surface area contributed by atoms with Gasteiger partial charge in [0.25, 0.3) is 11.8 Å². The molecule has 0 aromatic heterocycles. The Bertz CT molecular complexity index is 731. The van der Waals surface area contributed by atoms with Gasteiger partial charge in [-0.1, -0.05) is 25.1 Å². The van der Waals surface area contributed by atoms with Crippen molar-refractivity contribution >= 4 is 11.8 Å². The Balaban J connectivity index is 2.00. The highest BCUT2D eigenvalue weighted by Gasteiger charge is 2.13. The Hall–Kier alpha value is -3.02. The maximum absolute atomic E-state index is 12.3. The first-order chi connectivity index (χ1) is 12.2. The van der Waals surface area contributed by atoms with Crippen LogP contribution in [0.5, 0.6) is 11.5 Å². The molecule has 0 saturated heterocycles. The second-order valence-corrected chi connectivity index (χ2v) is 5.21. The van der Waals surface area contributed by atoms with Crippen molar-refractivity contribution in [2.45, 2.75) is 20.3 Å². The molecule has 132 valence electrons. The molecule has 0 radical (unpaired) electrons. The summed E-state index contributed by atoms with van der Waals surface area (Å²) in [6, 6.07) is 13.6. The van der Waals surface area contributed by atoms with Crippen molar-refractivity contribution in [3.63, 3.8) is 0 Å². The van der Waals surface area contributed by atoms with Crippen LogP contribution in [0.4, 0.5) is 0 Å². The van der Waals surface area contributed by atoms with Gasteiger partial charge >= 0.3 is 0 Å². The zero-order valence-corrected chi connectivity index (χ0v) is 14.4. The molecule has 0 bridgehead atoms. The highest BCUT2D eigenvalue weighted by atomic mass is 16.5. The number of carbonyl (C=O) groups is 2. The van der Waals surface area contributed by atoms with Crippen molar-refractivity contribution in [2.24, 2.45) is 0 Å². The number of amides is 2. The Labute approximate surface area is 147 Å². The Kier molecular flexibility index (Phi) is 6.83. The van der Waals surface area contributed by atoms with E-state index in [1.54, 1.807) is 48.5 Å². The summed E-state index contributed by atoms with van der Waals surface area (Å²) in [7, 11) is 0. The number of benzene rings is 2. The first kappa shape index (κ1) is 18.3. The highest BCUT2D eigenvalue weighted by Crippen LogP contribution is 2.18. The van der Waals surface area contributed by atoms with Gasteiger partial charge in [0.05, 0.1) is 18.8 Å². The van der Waals surface area contributed by atoms with Crippen LogP contribution in [0, 0.1) is 0 Å². The minimum absolute atomic E-state index is 0.360. The number of rotatable bonds is 7. The lowest BCUT2D eigenvalue weighted by molar-refractivity contribution is 0.0844. The first-order valence-corrected chi connectivity index (χ1v) is 8.21.